The first-order valence-corrected chi connectivity index (χ1v) is 5.33. The minimum absolute atomic E-state index is 0.141. The van der Waals surface area contributed by atoms with E-state index in [0.29, 0.717) is 21.5 Å². The maximum Gasteiger partial charge on any atom is 0.146 e. The lowest BCUT2D eigenvalue weighted by Crippen LogP contribution is -1.84. The van der Waals surface area contributed by atoms with Crippen molar-refractivity contribution in [3.8, 4) is 17.2 Å². The number of rotatable bonds is 2. The van der Waals surface area contributed by atoms with Crippen molar-refractivity contribution in [1.29, 1.82) is 0 Å². The van der Waals surface area contributed by atoms with Crippen molar-refractivity contribution in [3.63, 3.8) is 0 Å². The van der Waals surface area contributed by atoms with E-state index in [-0.39, 0.29) is 5.75 Å². The predicted octanol–water partition coefficient (Wildman–Crippen LogP) is 4.49. The number of hydrogen-bond donors (Lipinski definition) is 1. The molecule has 16 heavy (non-hydrogen) atoms. The van der Waals surface area contributed by atoms with Gasteiger partial charge in [0.05, 0.1) is 5.02 Å². The molecule has 0 unspecified atom stereocenters. The van der Waals surface area contributed by atoms with Gasteiger partial charge in [-0.3, -0.25) is 0 Å². The number of ether oxygens (including phenoxy) is 1. The third-order valence-corrected chi connectivity index (χ3v) is 2.47. The average Bonchev–Trinajstić information content (AvgIpc) is 2.22. The number of aromatic hydroxyl groups is 1. The van der Waals surface area contributed by atoms with E-state index < -0.39 is 0 Å². The molecule has 0 atom stereocenters. The van der Waals surface area contributed by atoms with Gasteiger partial charge in [0.15, 0.2) is 0 Å². The van der Waals surface area contributed by atoms with Gasteiger partial charge in [0.25, 0.3) is 0 Å². The van der Waals surface area contributed by atoms with Crippen molar-refractivity contribution in [2.24, 2.45) is 0 Å². The maximum atomic E-state index is 9.27. The van der Waals surface area contributed by atoms with Crippen LogP contribution in [0.5, 0.6) is 17.2 Å². The fraction of sp³-hybridized carbons (Fsp3) is 0. The van der Waals surface area contributed by atoms with E-state index >= 15 is 0 Å². The largest absolute Gasteiger partial charge is 0.508 e. The average molecular weight is 255 g/mol. The second-order valence-electron chi connectivity index (χ2n) is 3.17. The highest BCUT2D eigenvalue weighted by Gasteiger charge is 2.04. The third kappa shape index (κ3) is 2.60. The first kappa shape index (κ1) is 11.1. The van der Waals surface area contributed by atoms with Crippen LogP contribution in [0.15, 0.2) is 42.5 Å². The van der Waals surface area contributed by atoms with E-state index in [9.17, 15) is 5.11 Å². The summed E-state index contributed by atoms with van der Waals surface area (Å²) in [4.78, 5) is 0. The molecule has 2 rings (SSSR count). The van der Waals surface area contributed by atoms with Crippen LogP contribution in [0.25, 0.3) is 0 Å². The van der Waals surface area contributed by atoms with Gasteiger partial charge >= 0.3 is 0 Å². The highest BCUT2D eigenvalue weighted by molar-refractivity contribution is 6.35. The quantitative estimate of drug-likeness (QED) is 0.856. The molecule has 2 nitrogen and oxygen atoms in total. The van der Waals surface area contributed by atoms with E-state index in [4.69, 9.17) is 27.9 Å². The Morgan fingerprint density at radius 1 is 1.00 bits per heavy atom. The van der Waals surface area contributed by atoms with Crippen molar-refractivity contribution in [2.75, 3.05) is 0 Å². The molecular weight excluding hydrogens is 247 g/mol. The molecule has 0 bridgehead atoms. The van der Waals surface area contributed by atoms with Crippen LogP contribution in [0.1, 0.15) is 0 Å². The Bertz CT molecular complexity index is 512. The van der Waals surface area contributed by atoms with E-state index in [2.05, 4.69) is 0 Å². The van der Waals surface area contributed by atoms with Gasteiger partial charge in [-0.15, -0.1) is 0 Å². The summed E-state index contributed by atoms with van der Waals surface area (Å²) in [5, 5.41) is 10.2. The number of benzene rings is 2. The fourth-order valence-electron chi connectivity index (χ4n) is 1.23. The molecule has 0 saturated heterocycles. The highest BCUT2D eigenvalue weighted by Crippen LogP contribution is 2.32. The van der Waals surface area contributed by atoms with Crippen LogP contribution in [0, 0.1) is 0 Å². The van der Waals surface area contributed by atoms with Crippen molar-refractivity contribution in [3.05, 3.63) is 52.5 Å². The molecule has 0 aromatic heterocycles. The molecule has 0 aliphatic rings. The summed E-state index contributed by atoms with van der Waals surface area (Å²) >= 11 is 11.7. The second kappa shape index (κ2) is 4.64. The molecule has 0 fully saturated rings. The van der Waals surface area contributed by atoms with Crippen LogP contribution in [-0.4, -0.2) is 5.11 Å². The Morgan fingerprint density at radius 3 is 2.50 bits per heavy atom. The molecule has 2 aromatic carbocycles. The Morgan fingerprint density at radius 2 is 1.81 bits per heavy atom. The zero-order chi connectivity index (χ0) is 11.5. The van der Waals surface area contributed by atoms with Gasteiger partial charge in [-0.2, -0.15) is 0 Å². The van der Waals surface area contributed by atoms with E-state index in [1.165, 1.54) is 6.07 Å². The van der Waals surface area contributed by atoms with E-state index in [1.54, 1.807) is 36.4 Å². The van der Waals surface area contributed by atoms with Crippen LogP contribution in [-0.2, 0) is 0 Å². The molecule has 1 N–H and O–H groups in total. The third-order valence-electron chi connectivity index (χ3n) is 1.94. The van der Waals surface area contributed by atoms with Crippen LogP contribution in [0.2, 0.25) is 10.0 Å². The monoisotopic (exact) mass is 254 g/mol. The molecule has 0 aliphatic heterocycles. The molecule has 0 radical (unpaired) electrons. The Balaban J connectivity index is 2.27. The summed E-state index contributed by atoms with van der Waals surface area (Å²) in [6.45, 7) is 0. The van der Waals surface area contributed by atoms with Crippen molar-refractivity contribution in [2.45, 2.75) is 0 Å². The van der Waals surface area contributed by atoms with Crippen LogP contribution in [0.3, 0.4) is 0 Å². The van der Waals surface area contributed by atoms with Crippen LogP contribution in [0.4, 0.5) is 0 Å². The number of phenols is 1. The number of halogens is 2. The summed E-state index contributed by atoms with van der Waals surface area (Å²) in [6.07, 6.45) is 0. The van der Waals surface area contributed by atoms with Crippen LogP contribution < -0.4 is 4.74 Å². The molecular formula is C12H8Cl2O2. The summed E-state index contributed by atoms with van der Waals surface area (Å²) in [5.41, 5.74) is 0. The molecule has 2 aromatic rings. The zero-order valence-electron chi connectivity index (χ0n) is 8.15. The molecule has 0 amide bonds. The van der Waals surface area contributed by atoms with Crippen molar-refractivity contribution < 1.29 is 9.84 Å². The molecule has 0 aliphatic carbocycles. The Labute approximate surface area is 103 Å². The molecule has 0 spiro atoms. The van der Waals surface area contributed by atoms with Gasteiger partial charge in [0.2, 0.25) is 0 Å². The smallest absolute Gasteiger partial charge is 0.146 e. The summed E-state index contributed by atoms with van der Waals surface area (Å²) in [7, 11) is 0. The van der Waals surface area contributed by atoms with Crippen molar-refractivity contribution in [1.82, 2.24) is 0 Å². The molecule has 82 valence electrons. The zero-order valence-corrected chi connectivity index (χ0v) is 9.66. The van der Waals surface area contributed by atoms with Gasteiger partial charge in [-0.1, -0.05) is 29.3 Å². The topological polar surface area (TPSA) is 29.5 Å². The van der Waals surface area contributed by atoms with Gasteiger partial charge in [0, 0.05) is 11.1 Å². The van der Waals surface area contributed by atoms with Crippen LogP contribution >= 0.6 is 23.2 Å². The summed E-state index contributed by atoms with van der Waals surface area (Å²) in [6, 6.07) is 11.4. The van der Waals surface area contributed by atoms with Gasteiger partial charge < -0.3 is 9.84 Å². The second-order valence-corrected chi connectivity index (χ2v) is 4.02. The lowest BCUT2D eigenvalue weighted by molar-refractivity contribution is 0.455. The standard InChI is InChI=1S/C12H8Cl2O2/c13-8-4-5-12(11(14)6-8)16-10-3-1-2-9(15)7-10/h1-7,15H. The molecule has 0 heterocycles. The summed E-state index contributed by atoms with van der Waals surface area (Å²) in [5.74, 6) is 1.16. The van der Waals surface area contributed by atoms with E-state index in [0.717, 1.165) is 0 Å². The SMILES string of the molecule is Oc1cccc(Oc2ccc(Cl)cc2Cl)c1. The predicted molar refractivity (Wildman–Crippen MR) is 64.6 cm³/mol. The lowest BCUT2D eigenvalue weighted by atomic mass is 10.3. The normalized spacial score (nSPS) is 10.1. The lowest BCUT2D eigenvalue weighted by Gasteiger charge is -2.07. The highest BCUT2D eigenvalue weighted by atomic mass is 35.5. The number of phenolic OH excluding ortho intramolecular Hbond substituents is 1. The van der Waals surface area contributed by atoms with Gasteiger partial charge in [0.1, 0.15) is 17.2 Å². The van der Waals surface area contributed by atoms with Gasteiger partial charge in [-0.05, 0) is 30.3 Å². The first-order chi connectivity index (χ1) is 7.65. The molecule has 0 saturated carbocycles. The minimum Gasteiger partial charge on any atom is -0.508 e. The maximum absolute atomic E-state index is 9.27. The van der Waals surface area contributed by atoms with Crippen molar-refractivity contribution >= 4 is 23.2 Å². The fourth-order valence-corrected chi connectivity index (χ4v) is 1.68. The summed E-state index contributed by atoms with van der Waals surface area (Å²) < 4.78 is 5.49. The Kier molecular flexibility index (Phi) is 3.22. The minimum atomic E-state index is 0.141. The first-order valence-electron chi connectivity index (χ1n) is 4.57. The molecule has 4 heteroatoms. The Hall–Kier alpha value is -1.38. The van der Waals surface area contributed by atoms with E-state index in [1.807, 2.05) is 0 Å². The number of hydrogen-bond acceptors (Lipinski definition) is 2. The van der Waals surface area contributed by atoms with Gasteiger partial charge in [-0.25, -0.2) is 0 Å².